The van der Waals surface area contributed by atoms with Crippen molar-refractivity contribution < 1.29 is 14.7 Å². The van der Waals surface area contributed by atoms with Crippen molar-refractivity contribution in [2.75, 3.05) is 17.2 Å². The Kier molecular flexibility index (Phi) is 4.47. The third-order valence-corrected chi connectivity index (χ3v) is 4.47. The molecule has 1 aliphatic rings. The van der Waals surface area contributed by atoms with Gasteiger partial charge in [-0.3, -0.25) is 9.59 Å². The molecule has 102 valence electrons. The summed E-state index contributed by atoms with van der Waals surface area (Å²) in [6.45, 7) is 1.68. The van der Waals surface area contributed by atoms with Crippen LogP contribution >= 0.6 is 11.8 Å². The molecule has 0 bridgehead atoms. The molecule has 0 saturated carbocycles. The van der Waals surface area contributed by atoms with E-state index in [2.05, 4.69) is 0 Å². The Morgan fingerprint density at radius 2 is 2.05 bits per heavy atom. The molecule has 0 spiro atoms. The number of carboxylic acid groups (broad SMARTS) is 1. The Hall–Kier alpha value is -1.49. The van der Waals surface area contributed by atoms with Crippen LogP contribution in [-0.4, -0.2) is 34.5 Å². The SMILES string of the molecule is Cc1ccc(N(CC(=O)O)C(=O)C2CCCS2)cc1. The van der Waals surface area contributed by atoms with Crippen LogP contribution in [0.5, 0.6) is 0 Å². The topological polar surface area (TPSA) is 57.6 Å². The summed E-state index contributed by atoms with van der Waals surface area (Å²) in [5.41, 5.74) is 1.74. The Morgan fingerprint density at radius 3 is 2.58 bits per heavy atom. The Labute approximate surface area is 116 Å². The highest BCUT2D eigenvalue weighted by molar-refractivity contribution is 8.00. The van der Waals surface area contributed by atoms with Crippen LogP contribution < -0.4 is 4.90 Å². The maximum atomic E-state index is 12.4. The van der Waals surface area contributed by atoms with E-state index in [4.69, 9.17) is 5.11 Å². The van der Waals surface area contributed by atoms with E-state index in [1.54, 1.807) is 23.9 Å². The second-order valence-electron chi connectivity index (χ2n) is 4.66. The average Bonchev–Trinajstić information content (AvgIpc) is 2.90. The molecule has 0 radical (unpaired) electrons. The van der Waals surface area contributed by atoms with Gasteiger partial charge in [-0.1, -0.05) is 17.7 Å². The Morgan fingerprint density at radius 1 is 1.37 bits per heavy atom. The van der Waals surface area contributed by atoms with E-state index in [1.165, 1.54) is 4.90 Å². The molecule has 0 aliphatic carbocycles. The lowest BCUT2D eigenvalue weighted by Crippen LogP contribution is -2.40. The number of anilines is 1. The van der Waals surface area contributed by atoms with E-state index in [9.17, 15) is 9.59 Å². The number of benzene rings is 1. The molecule has 1 amide bonds. The zero-order valence-electron chi connectivity index (χ0n) is 10.8. The molecule has 1 saturated heterocycles. The molecule has 1 atom stereocenters. The first kappa shape index (κ1) is 13.9. The Bertz CT molecular complexity index is 466. The largest absolute Gasteiger partial charge is 0.480 e. The first-order valence-electron chi connectivity index (χ1n) is 6.29. The monoisotopic (exact) mass is 279 g/mol. The van der Waals surface area contributed by atoms with Gasteiger partial charge in [-0.25, -0.2) is 0 Å². The fourth-order valence-corrected chi connectivity index (χ4v) is 3.32. The van der Waals surface area contributed by atoms with Gasteiger partial charge in [0.15, 0.2) is 0 Å². The predicted octanol–water partition coefficient (Wildman–Crippen LogP) is 2.31. The number of rotatable bonds is 4. The quantitative estimate of drug-likeness (QED) is 0.919. The fourth-order valence-electron chi connectivity index (χ4n) is 2.10. The highest BCUT2D eigenvalue weighted by Crippen LogP contribution is 2.29. The molecule has 0 aromatic heterocycles. The fraction of sp³-hybridized carbons (Fsp3) is 0.429. The van der Waals surface area contributed by atoms with Crippen molar-refractivity contribution in [2.24, 2.45) is 0 Å². The van der Waals surface area contributed by atoms with Gasteiger partial charge in [0.1, 0.15) is 6.54 Å². The van der Waals surface area contributed by atoms with Gasteiger partial charge in [-0.05, 0) is 37.7 Å². The Balaban J connectivity index is 2.21. The van der Waals surface area contributed by atoms with Gasteiger partial charge in [0.05, 0.1) is 5.25 Å². The van der Waals surface area contributed by atoms with Crippen LogP contribution in [0, 0.1) is 6.92 Å². The van der Waals surface area contributed by atoms with Crippen molar-refractivity contribution in [1.29, 1.82) is 0 Å². The van der Waals surface area contributed by atoms with Gasteiger partial charge >= 0.3 is 5.97 Å². The van der Waals surface area contributed by atoms with Gasteiger partial charge < -0.3 is 10.0 Å². The summed E-state index contributed by atoms with van der Waals surface area (Å²) >= 11 is 1.62. The number of amides is 1. The summed E-state index contributed by atoms with van der Waals surface area (Å²) in [5.74, 6) is -0.101. The van der Waals surface area contributed by atoms with Gasteiger partial charge in [-0.15, -0.1) is 11.8 Å². The van der Waals surface area contributed by atoms with Gasteiger partial charge in [-0.2, -0.15) is 0 Å². The summed E-state index contributed by atoms with van der Waals surface area (Å²) in [4.78, 5) is 24.8. The van der Waals surface area contributed by atoms with Crippen LogP contribution in [0.2, 0.25) is 0 Å². The molecule has 2 rings (SSSR count). The lowest BCUT2D eigenvalue weighted by atomic mass is 10.2. The number of carbonyl (C=O) groups is 2. The van der Waals surface area contributed by atoms with Crippen molar-refractivity contribution >= 4 is 29.3 Å². The standard InChI is InChI=1S/C14H17NO3S/c1-10-4-6-11(7-5-10)15(9-13(16)17)14(18)12-3-2-8-19-12/h4-7,12H,2-3,8-9H2,1H3,(H,16,17). The van der Waals surface area contributed by atoms with Crippen molar-refractivity contribution in [3.05, 3.63) is 29.8 Å². The van der Waals surface area contributed by atoms with Crippen LogP contribution in [0.4, 0.5) is 5.69 Å². The third kappa shape index (κ3) is 3.50. The normalized spacial score (nSPS) is 18.3. The number of hydrogen-bond donors (Lipinski definition) is 1. The molecule has 1 heterocycles. The minimum atomic E-state index is -0.989. The van der Waals surface area contributed by atoms with Crippen LogP contribution in [0.3, 0.4) is 0 Å². The number of aliphatic carboxylic acids is 1. The maximum Gasteiger partial charge on any atom is 0.323 e. The van der Waals surface area contributed by atoms with Crippen molar-refractivity contribution in [1.82, 2.24) is 0 Å². The lowest BCUT2D eigenvalue weighted by molar-refractivity contribution is -0.136. The average molecular weight is 279 g/mol. The third-order valence-electron chi connectivity index (χ3n) is 3.11. The zero-order valence-corrected chi connectivity index (χ0v) is 11.7. The van der Waals surface area contributed by atoms with Crippen LogP contribution in [0.1, 0.15) is 18.4 Å². The van der Waals surface area contributed by atoms with Crippen molar-refractivity contribution in [3.8, 4) is 0 Å². The smallest absolute Gasteiger partial charge is 0.323 e. The second kappa shape index (κ2) is 6.10. The molecule has 1 aromatic rings. The highest BCUT2D eigenvalue weighted by Gasteiger charge is 2.29. The summed E-state index contributed by atoms with van der Waals surface area (Å²) in [5, 5.41) is 8.89. The summed E-state index contributed by atoms with van der Waals surface area (Å²) in [6, 6.07) is 7.38. The van der Waals surface area contributed by atoms with Crippen molar-refractivity contribution in [2.45, 2.75) is 25.0 Å². The van der Waals surface area contributed by atoms with Crippen LogP contribution in [0.25, 0.3) is 0 Å². The van der Waals surface area contributed by atoms with Gasteiger partial charge in [0.2, 0.25) is 5.91 Å². The van der Waals surface area contributed by atoms with Crippen LogP contribution in [-0.2, 0) is 9.59 Å². The molecule has 1 unspecified atom stereocenters. The van der Waals surface area contributed by atoms with Crippen molar-refractivity contribution in [3.63, 3.8) is 0 Å². The summed E-state index contributed by atoms with van der Waals surface area (Å²) in [6.07, 6.45) is 1.86. The lowest BCUT2D eigenvalue weighted by Gasteiger charge is -2.23. The number of hydrogen-bond acceptors (Lipinski definition) is 3. The zero-order chi connectivity index (χ0) is 13.8. The van der Waals surface area contributed by atoms with Gasteiger partial charge in [0.25, 0.3) is 0 Å². The molecular formula is C14H17NO3S. The number of thioether (sulfide) groups is 1. The number of carboxylic acids is 1. The van der Waals surface area contributed by atoms with E-state index in [1.807, 2.05) is 19.1 Å². The molecule has 4 nitrogen and oxygen atoms in total. The van der Waals surface area contributed by atoms with E-state index < -0.39 is 5.97 Å². The minimum absolute atomic E-state index is 0.0891. The number of carbonyl (C=O) groups excluding carboxylic acids is 1. The molecule has 1 fully saturated rings. The molecular weight excluding hydrogens is 262 g/mol. The van der Waals surface area contributed by atoms with E-state index in [0.29, 0.717) is 5.69 Å². The maximum absolute atomic E-state index is 12.4. The van der Waals surface area contributed by atoms with Crippen LogP contribution in [0.15, 0.2) is 24.3 Å². The molecule has 19 heavy (non-hydrogen) atoms. The van der Waals surface area contributed by atoms with E-state index >= 15 is 0 Å². The highest BCUT2D eigenvalue weighted by atomic mass is 32.2. The first-order valence-corrected chi connectivity index (χ1v) is 7.34. The number of nitrogens with zero attached hydrogens (tertiary/aromatic N) is 1. The summed E-state index contributed by atoms with van der Waals surface area (Å²) in [7, 11) is 0. The first-order chi connectivity index (χ1) is 9.08. The molecule has 1 aliphatic heterocycles. The number of aryl methyl sites for hydroxylation is 1. The molecule has 5 heteroatoms. The van der Waals surface area contributed by atoms with Gasteiger partial charge in [0, 0.05) is 5.69 Å². The second-order valence-corrected chi connectivity index (χ2v) is 5.97. The molecule has 1 aromatic carbocycles. The summed E-state index contributed by atoms with van der Waals surface area (Å²) < 4.78 is 0. The predicted molar refractivity (Wildman–Crippen MR) is 76.6 cm³/mol. The van der Waals surface area contributed by atoms with E-state index in [-0.39, 0.29) is 17.7 Å². The van der Waals surface area contributed by atoms with E-state index in [0.717, 1.165) is 24.2 Å². The minimum Gasteiger partial charge on any atom is -0.480 e. The molecule has 1 N–H and O–H groups in total.